The lowest BCUT2D eigenvalue weighted by Crippen LogP contribution is -2.34. The van der Waals surface area contributed by atoms with Crippen molar-refractivity contribution in [3.05, 3.63) is 23.1 Å². The van der Waals surface area contributed by atoms with Gasteiger partial charge in [0.1, 0.15) is 30.2 Å². The number of aliphatic hydroxyl groups excluding tert-OH is 2. The Hall–Kier alpha value is -2.05. The van der Waals surface area contributed by atoms with E-state index in [0.29, 0.717) is 0 Å². The van der Waals surface area contributed by atoms with E-state index in [4.69, 9.17) is 16.0 Å². The van der Waals surface area contributed by atoms with Crippen LogP contribution in [0.1, 0.15) is 6.23 Å². The number of nitrogens with two attached hydrogens (primary N) is 1. The van der Waals surface area contributed by atoms with Crippen molar-refractivity contribution in [2.24, 2.45) is 5.11 Å². The molecule has 24 heteroatoms. The fourth-order valence-corrected chi connectivity index (χ4v) is 6.20. The largest absolute Gasteiger partial charge is 0.766 e. The van der Waals surface area contributed by atoms with Crippen molar-refractivity contribution >= 4 is 40.4 Å². The lowest BCUT2D eigenvalue weighted by molar-refractivity contribution is -0.246. The molecule has 194 valence electrons. The van der Waals surface area contributed by atoms with Crippen LogP contribution < -0.4 is 25.5 Å². The molecule has 0 bridgehead atoms. The molecule has 1 fully saturated rings. The Kier molecular flexibility index (Phi) is 8.27. The van der Waals surface area contributed by atoms with Gasteiger partial charge in [0.25, 0.3) is 15.6 Å². The monoisotopic (exact) mass is 558 g/mol. The van der Waals surface area contributed by atoms with Gasteiger partial charge in [-0.1, -0.05) is 5.11 Å². The zero-order valence-electron chi connectivity index (χ0n) is 16.9. The van der Waals surface area contributed by atoms with Crippen molar-refractivity contribution in [1.82, 2.24) is 24.6 Å². The summed E-state index contributed by atoms with van der Waals surface area (Å²) in [5, 5.41) is 24.7. The summed E-state index contributed by atoms with van der Waals surface area (Å²) in [6.07, 6.45) is -3.99. The summed E-state index contributed by atoms with van der Waals surface area (Å²) >= 11 is 0. The summed E-state index contributed by atoms with van der Waals surface area (Å²) in [6, 6.07) is 0. The topological polar surface area (TPSA) is 328 Å². The van der Waals surface area contributed by atoms with Crippen molar-refractivity contribution in [2.45, 2.75) is 24.5 Å². The van der Waals surface area contributed by atoms with Crippen molar-refractivity contribution < 1.29 is 56.5 Å². The summed E-state index contributed by atoms with van der Waals surface area (Å²) in [7, 11) is -17.3. The summed E-state index contributed by atoms with van der Waals surface area (Å²) in [5.41, 5.74) is 14.0. The van der Waals surface area contributed by atoms with Gasteiger partial charge in [0.05, 0.1) is 19.6 Å². The number of anilines is 1. The van der Waals surface area contributed by atoms with E-state index in [1.54, 1.807) is 0 Å². The number of nitrogens with zero attached hydrogens (tertiary/aromatic N) is 7. The molecule has 0 spiro atoms. The molecule has 21 nitrogen and oxygen atoms in total. The minimum atomic E-state index is -6.07. The number of fused-ring (bicyclic) bond motifs is 1. The van der Waals surface area contributed by atoms with Crippen molar-refractivity contribution in [2.75, 3.05) is 19.0 Å². The number of aliphatic hydroxyl groups is 2. The van der Waals surface area contributed by atoms with Gasteiger partial charge in [0, 0.05) is 4.91 Å². The number of ether oxygens (including phenoxy) is 1. The molecule has 0 radical (unpaired) electrons. The Labute approximate surface area is 193 Å². The number of imidazole rings is 1. The lowest BCUT2D eigenvalue weighted by Gasteiger charge is -2.35. The quantitative estimate of drug-likeness (QED) is 0.0945. The van der Waals surface area contributed by atoms with Crippen LogP contribution in [0.15, 0.2) is 17.8 Å². The number of azide groups is 1. The van der Waals surface area contributed by atoms with E-state index in [1.807, 2.05) is 0 Å². The average Bonchev–Trinajstić information content (AvgIpc) is 3.27. The third-order valence-electron chi connectivity index (χ3n) is 4.20. The zero-order valence-corrected chi connectivity index (χ0v) is 19.6. The SMILES string of the molecule is [N-]=[N+]=NCNP(=O)([O-])OP(=O)([O-])OP(=O)([O-])OC[C@H]1O[C@@H](n2cnc3c(N)ncnc32)C(O)[C@H]1O. The first-order valence-electron chi connectivity index (χ1n) is 8.96. The molecule has 3 rings (SSSR count). The van der Waals surface area contributed by atoms with Crippen LogP contribution in [0.25, 0.3) is 21.6 Å². The summed E-state index contributed by atoms with van der Waals surface area (Å²) in [5.74, 6) is 0.0194. The van der Waals surface area contributed by atoms with E-state index in [1.165, 1.54) is 16.0 Å². The van der Waals surface area contributed by atoms with Crippen molar-refractivity contribution in [3.63, 3.8) is 0 Å². The smallest absolute Gasteiger partial charge is 0.280 e. The van der Waals surface area contributed by atoms with Crippen LogP contribution in [0.3, 0.4) is 0 Å². The molecule has 35 heavy (non-hydrogen) atoms. The number of rotatable bonds is 11. The Morgan fingerprint density at radius 2 is 1.91 bits per heavy atom. The van der Waals surface area contributed by atoms with Gasteiger partial charge in [-0.25, -0.2) is 19.3 Å². The number of hydrogen-bond acceptors (Lipinski definition) is 17. The third-order valence-corrected chi connectivity index (χ3v) is 8.46. The molecule has 4 unspecified atom stereocenters. The fraction of sp³-hybridized carbons (Fsp3) is 0.545. The summed E-state index contributed by atoms with van der Waals surface area (Å²) < 4.78 is 53.1. The van der Waals surface area contributed by atoms with Crippen LogP contribution in [0.5, 0.6) is 0 Å². The van der Waals surface area contributed by atoms with Crippen LogP contribution >= 0.6 is 23.4 Å². The minimum absolute atomic E-state index is 0.0194. The van der Waals surface area contributed by atoms with E-state index in [0.717, 1.165) is 6.33 Å². The standard InChI is InChI=1S/C11H18N9O12P3/c12-9-6-10(15-2-14-9)20(4-16-6)11-8(22)7(21)5(30-11)1-29-34(25,26)32-35(27,28)31-33(23,24)18-3-17-19-13/h2,4-5,7-8,11,21-22H,1,3H2,(H,25,26)(H,27,28)(H2,12,14,15)(H2,18,23,24)/p-3/t5-,7+,8?,11-/m1/s1. The molecule has 2 aromatic heterocycles. The van der Waals surface area contributed by atoms with Crippen LogP contribution in [-0.4, -0.2) is 61.3 Å². The number of phosphoric ester groups is 1. The Bertz CT molecular complexity index is 1270. The molecule has 0 amide bonds. The van der Waals surface area contributed by atoms with Gasteiger partial charge in [-0.2, -0.15) is 0 Å². The van der Waals surface area contributed by atoms with Crippen molar-refractivity contribution in [3.8, 4) is 0 Å². The minimum Gasteiger partial charge on any atom is -0.766 e. The molecule has 1 aliphatic rings. The third kappa shape index (κ3) is 6.79. The molecule has 3 heterocycles. The van der Waals surface area contributed by atoms with Gasteiger partial charge >= 0.3 is 0 Å². The first kappa shape index (κ1) is 27.5. The van der Waals surface area contributed by atoms with Gasteiger partial charge in [-0.3, -0.25) is 27.7 Å². The van der Waals surface area contributed by atoms with Crippen LogP contribution in [-0.2, 0) is 31.6 Å². The zero-order chi connectivity index (χ0) is 26.0. The molecule has 2 aromatic rings. The maximum Gasteiger partial charge on any atom is 0.280 e. The molecule has 0 aliphatic carbocycles. The van der Waals surface area contributed by atoms with Crippen molar-refractivity contribution in [1.29, 1.82) is 0 Å². The predicted octanol–water partition coefficient (Wildman–Crippen LogP) is -2.66. The number of aromatic nitrogens is 4. The average molecular weight is 558 g/mol. The number of hydrogen-bond donors (Lipinski definition) is 4. The highest BCUT2D eigenvalue weighted by atomic mass is 31.3. The predicted molar refractivity (Wildman–Crippen MR) is 104 cm³/mol. The number of nitrogen functional groups attached to an aromatic ring is 1. The first-order valence-corrected chi connectivity index (χ1v) is 13.4. The van der Waals surface area contributed by atoms with Gasteiger partial charge < -0.3 is 39.9 Å². The highest BCUT2D eigenvalue weighted by molar-refractivity contribution is 7.66. The Balaban J connectivity index is 1.63. The highest BCUT2D eigenvalue weighted by Crippen LogP contribution is 2.61. The van der Waals surface area contributed by atoms with E-state index in [-0.39, 0.29) is 17.0 Å². The summed E-state index contributed by atoms with van der Waals surface area (Å²) in [4.78, 5) is 48.8. The van der Waals surface area contributed by atoms with E-state index in [2.05, 4.69) is 38.1 Å². The summed E-state index contributed by atoms with van der Waals surface area (Å²) in [6.45, 7) is -2.00. The molecule has 1 aliphatic heterocycles. The second kappa shape index (κ2) is 10.5. The molecular weight excluding hydrogens is 543 g/mol. The Morgan fingerprint density at radius 3 is 2.60 bits per heavy atom. The molecule has 0 aromatic carbocycles. The van der Waals surface area contributed by atoms with E-state index >= 15 is 0 Å². The van der Waals surface area contributed by atoms with Crippen LogP contribution in [0, 0.1) is 0 Å². The fourth-order valence-electron chi connectivity index (χ4n) is 2.79. The molecule has 0 saturated carbocycles. The van der Waals surface area contributed by atoms with Gasteiger partial charge in [-0.15, -0.1) is 0 Å². The van der Waals surface area contributed by atoms with Crippen LogP contribution in [0.2, 0.25) is 0 Å². The lowest BCUT2D eigenvalue weighted by atomic mass is 10.1. The number of nitrogens with one attached hydrogen (secondary N) is 1. The van der Waals surface area contributed by atoms with E-state index < -0.39 is 61.2 Å². The Morgan fingerprint density at radius 1 is 1.20 bits per heavy atom. The molecule has 1 saturated heterocycles. The van der Waals surface area contributed by atoms with Gasteiger partial charge in [0.15, 0.2) is 17.7 Å². The molecular formula is C11H15N9O12P3-3. The maximum absolute atomic E-state index is 11.9. The number of phosphoric acid groups is 2. The molecule has 5 N–H and O–H groups in total. The van der Waals surface area contributed by atoms with Crippen LogP contribution in [0.4, 0.5) is 5.82 Å². The van der Waals surface area contributed by atoms with Gasteiger partial charge in [-0.05, 0) is 5.53 Å². The molecule has 7 atom stereocenters. The second-order valence-electron chi connectivity index (χ2n) is 6.53. The normalized spacial score (nSPS) is 27.6. The van der Waals surface area contributed by atoms with E-state index in [9.17, 15) is 38.6 Å². The van der Waals surface area contributed by atoms with Gasteiger partial charge in [0.2, 0.25) is 7.75 Å². The second-order valence-corrected chi connectivity index (χ2v) is 11.2. The highest BCUT2D eigenvalue weighted by Gasteiger charge is 2.45. The first-order chi connectivity index (χ1) is 16.3. The maximum atomic E-state index is 11.9.